The van der Waals surface area contributed by atoms with Gasteiger partial charge in [0, 0.05) is 19.5 Å². The van der Waals surface area contributed by atoms with E-state index in [0.717, 1.165) is 34.2 Å². The van der Waals surface area contributed by atoms with Crippen molar-refractivity contribution in [2.45, 2.75) is 70.0 Å². The Balaban J connectivity index is 1.09. The molecular weight excluding hydrogens is 662 g/mol. The molecule has 1 aliphatic heterocycles. The van der Waals surface area contributed by atoms with E-state index in [0.29, 0.717) is 19.5 Å². The molecule has 1 fully saturated rings. The monoisotopic (exact) mass is 705 g/mol. The van der Waals surface area contributed by atoms with Crippen molar-refractivity contribution >= 4 is 17.9 Å². The molecule has 1 saturated heterocycles. The molecule has 0 bridgehead atoms. The minimum absolute atomic E-state index is 0.0494. The van der Waals surface area contributed by atoms with Crippen LogP contribution in [-0.2, 0) is 32.2 Å². The Morgan fingerprint density at radius 1 is 1.00 bits per heavy atom. The largest absolute Gasteiger partial charge is 0.458 e. The second kappa shape index (κ2) is 16.5. The molecule has 4 atom stereocenters. The minimum atomic E-state index is -1.08. The van der Waals surface area contributed by atoms with Crippen LogP contribution in [0.15, 0.2) is 78.9 Å². The summed E-state index contributed by atoms with van der Waals surface area (Å²) in [6.45, 7) is 4.38. The number of likely N-dealkylation sites (N-methyl/N-ethyl adjacent to an activating group) is 1. The SMILES string of the molecule is C#CCOC(C)[C@H](NC(=O)[C@H](C)N(C)C(=O)OCC1c2ccccc2-c2ccccc21)C(=O)N1CCC[C@H]1Cn1nnnc1OCc1ccccc1. The molecule has 270 valence electrons. The lowest BCUT2D eigenvalue weighted by atomic mass is 9.98. The Morgan fingerprint density at radius 3 is 2.37 bits per heavy atom. The first-order chi connectivity index (χ1) is 25.3. The summed E-state index contributed by atoms with van der Waals surface area (Å²) in [5, 5.41) is 14.8. The number of hydrogen-bond acceptors (Lipinski definition) is 9. The summed E-state index contributed by atoms with van der Waals surface area (Å²) in [4.78, 5) is 44.1. The van der Waals surface area contributed by atoms with Crippen molar-refractivity contribution in [3.63, 3.8) is 0 Å². The number of tetrazole rings is 1. The van der Waals surface area contributed by atoms with Crippen molar-refractivity contribution in [3.05, 3.63) is 95.6 Å². The summed E-state index contributed by atoms with van der Waals surface area (Å²) in [6.07, 6.45) is 5.48. The van der Waals surface area contributed by atoms with Crippen LogP contribution in [-0.4, -0.2) is 99.0 Å². The maximum Gasteiger partial charge on any atom is 0.410 e. The number of aromatic nitrogens is 4. The molecule has 0 saturated carbocycles. The van der Waals surface area contributed by atoms with E-state index in [2.05, 4.69) is 38.9 Å². The number of benzene rings is 3. The van der Waals surface area contributed by atoms with Gasteiger partial charge in [0.15, 0.2) is 0 Å². The van der Waals surface area contributed by atoms with Gasteiger partial charge in [0.1, 0.15) is 31.9 Å². The third-order valence-corrected chi connectivity index (χ3v) is 9.80. The lowest BCUT2D eigenvalue weighted by molar-refractivity contribution is -0.142. The van der Waals surface area contributed by atoms with E-state index >= 15 is 0 Å². The number of amides is 3. The molecule has 3 aromatic carbocycles. The van der Waals surface area contributed by atoms with Crippen LogP contribution in [0.4, 0.5) is 4.79 Å². The minimum Gasteiger partial charge on any atom is -0.458 e. The number of nitrogens with zero attached hydrogens (tertiary/aromatic N) is 6. The van der Waals surface area contributed by atoms with Crippen LogP contribution in [0.25, 0.3) is 11.1 Å². The van der Waals surface area contributed by atoms with E-state index in [1.54, 1.807) is 18.7 Å². The molecule has 1 aliphatic carbocycles. The molecule has 1 N–H and O–H groups in total. The second-order valence-corrected chi connectivity index (χ2v) is 13.0. The summed E-state index contributed by atoms with van der Waals surface area (Å²) in [5.74, 6) is 1.41. The van der Waals surface area contributed by atoms with Gasteiger partial charge < -0.3 is 24.4 Å². The lowest BCUT2D eigenvalue weighted by Gasteiger charge is -2.33. The third-order valence-electron chi connectivity index (χ3n) is 9.80. The van der Waals surface area contributed by atoms with Crippen molar-refractivity contribution in [1.82, 2.24) is 35.3 Å². The highest BCUT2D eigenvalue weighted by molar-refractivity contribution is 5.91. The first-order valence-corrected chi connectivity index (χ1v) is 17.4. The highest BCUT2D eigenvalue weighted by atomic mass is 16.6. The zero-order chi connectivity index (χ0) is 36.6. The van der Waals surface area contributed by atoms with E-state index in [1.165, 1.54) is 16.6 Å². The van der Waals surface area contributed by atoms with Crippen molar-refractivity contribution in [3.8, 4) is 29.5 Å². The Labute approximate surface area is 303 Å². The molecule has 1 unspecified atom stereocenters. The van der Waals surface area contributed by atoms with Gasteiger partial charge in [-0.1, -0.05) is 89.9 Å². The van der Waals surface area contributed by atoms with Crippen LogP contribution >= 0.6 is 0 Å². The van der Waals surface area contributed by atoms with Gasteiger partial charge in [0.05, 0.1) is 18.7 Å². The zero-order valence-corrected chi connectivity index (χ0v) is 29.6. The fraction of sp³-hybridized carbons (Fsp3) is 0.385. The summed E-state index contributed by atoms with van der Waals surface area (Å²) in [7, 11) is 1.50. The second-order valence-electron chi connectivity index (χ2n) is 13.0. The van der Waals surface area contributed by atoms with Crippen LogP contribution < -0.4 is 10.1 Å². The van der Waals surface area contributed by atoms with Crippen LogP contribution in [0.1, 0.15) is 49.3 Å². The first kappa shape index (κ1) is 36.1. The maximum absolute atomic E-state index is 14.2. The molecule has 2 aliphatic rings. The topological polar surface area (TPSA) is 141 Å². The van der Waals surface area contributed by atoms with Gasteiger partial charge in [-0.2, -0.15) is 4.68 Å². The molecule has 2 heterocycles. The maximum atomic E-state index is 14.2. The van der Waals surface area contributed by atoms with E-state index < -0.39 is 30.2 Å². The van der Waals surface area contributed by atoms with E-state index in [1.807, 2.05) is 66.7 Å². The van der Waals surface area contributed by atoms with E-state index in [4.69, 9.17) is 20.6 Å². The summed E-state index contributed by atoms with van der Waals surface area (Å²) in [5.41, 5.74) is 5.37. The van der Waals surface area contributed by atoms with Gasteiger partial charge in [-0.05, 0) is 64.9 Å². The Morgan fingerprint density at radius 2 is 1.67 bits per heavy atom. The molecule has 13 heteroatoms. The van der Waals surface area contributed by atoms with Crippen molar-refractivity contribution < 1.29 is 28.6 Å². The number of carbonyl (C=O) groups is 3. The Kier molecular flexibility index (Phi) is 11.5. The number of nitrogens with one attached hydrogen (secondary N) is 1. The number of rotatable bonds is 14. The standard InChI is InChI=1S/C39H43N7O6/c1-5-22-50-27(3)35(37(48)45-21-13-16-29(45)23-46-38(41-42-43-46)51-24-28-14-7-6-8-15-28)40-36(47)26(2)44(4)39(49)52-25-34-32-19-11-9-17-30(32)31-18-10-12-20-33(31)34/h1,6-12,14-15,17-20,26-27,29,34-35H,13,16,21-25H2,2-4H3,(H,40,47)/t26-,27?,29-,35-/m0/s1. The number of terminal acetylenes is 1. The number of likely N-dealkylation sites (tertiary alicyclic amines) is 1. The van der Waals surface area contributed by atoms with Gasteiger partial charge in [-0.25, -0.2) is 4.79 Å². The predicted octanol–water partition coefficient (Wildman–Crippen LogP) is 4.04. The average molecular weight is 706 g/mol. The number of hydrogen-bond donors (Lipinski definition) is 1. The fourth-order valence-electron chi connectivity index (χ4n) is 6.79. The third kappa shape index (κ3) is 7.92. The summed E-state index contributed by atoms with van der Waals surface area (Å²) < 4.78 is 18.9. The summed E-state index contributed by atoms with van der Waals surface area (Å²) in [6, 6.07) is 23.7. The lowest BCUT2D eigenvalue weighted by Crippen LogP contribution is -2.58. The predicted molar refractivity (Wildman–Crippen MR) is 192 cm³/mol. The molecule has 1 aromatic heterocycles. The van der Waals surface area contributed by atoms with Gasteiger partial charge in [-0.15, -0.1) is 6.42 Å². The van der Waals surface area contributed by atoms with Crippen LogP contribution in [0.2, 0.25) is 0 Å². The van der Waals surface area contributed by atoms with Crippen LogP contribution in [0.5, 0.6) is 6.01 Å². The summed E-state index contributed by atoms with van der Waals surface area (Å²) >= 11 is 0. The molecule has 6 rings (SSSR count). The normalized spacial score (nSPS) is 16.6. The molecule has 0 spiro atoms. The van der Waals surface area contributed by atoms with Crippen molar-refractivity contribution in [1.29, 1.82) is 0 Å². The van der Waals surface area contributed by atoms with Gasteiger partial charge in [0.25, 0.3) is 0 Å². The quantitative estimate of drug-likeness (QED) is 0.193. The highest BCUT2D eigenvalue weighted by Gasteiger charge is 2.39. The molecule has 52 heavy (non-hydrogen) atoms. The molecular formula is C39H43N7O6. The van der Waals surface area contributed by atoms with Gasteiger partial charge in [0.2, 0.25) is 11.8 Å². The highest BCUT2D eigenvalue weighted by Crippen LogP contribution is 2.44. The van der Waals surface area contributed by atoms with Gasteiger partial charge >= 0.3 is 12.1 Å². The molecule has 4 aromatic rings. The van der Waals surface area contributed by atoms with Crippen molar-refractivity contribution in [2.24, 2.45) is 0 Å². The molecule has 0 radical (unpaired) electrons. The van der Waals surface area contributed by atoms with Gasteiger partial charge in [-0.3, -0.25) is 14.5 Å². The average Bonchev–Trinajstić information content (AvgIpc) is 3.91. The molecule has 3 amide bonds. The fourth-order valence-corrected chi connectivity index (χ4v) is 6.79. The Bertz CT molecular complexity index is 1860. The van der Waals surface area contributed by atoms with E-state index in [9.17, 15) is 14.4 Å². The smallest absolute Gasteiger partial charge is 0.410 e. The first-order valence-electron chi connectivity index (χ1n) is 17.4. The van der Waals surface area contributed by atoms with Crippen LogP contribution in [0, 0.1) is 12.3 Å². The number of fused-ring (bicyclic) bond motifs is 3. The Hall–Kier alpha value is -5.74. The number of carbonyl (C=O) groups excluding carboxylic acids is 3. The molecule has 13 nitrogen and oxygen atoms in total. The van der Waals surface area contributed by atoms with Crippen molar-refractivity contribution in [2.75, 3.05) is 26.8 Å². The number of ether oxygens (including phenoxy) is 3. The van der Waals surface area contributed by atoms with E-state index in [-0.39, 0.29) is 43.7 Å². The van der Waals surface area contributed by atoms with Crippen LogP contribution in [0.3, 0.4) is 0 Å². The zero-order valence-electron chi connectivity index (χ0n) is 29.6.